The quantitative estimate of drug-likeness (QED) is 0.381. The number of benzene rings is 1. The van der Waals surface area contributed by atoms with E-state index in [1.807, 2.05) is 25.8 Å². The lowest BCUT2D eigenvalue weighted by molar-refractivity contribution is 0.101. The minimum absolute atomic E-state index is 0.133. The molecule has 220 valence electrons. The molecule has 2 unspecified atom stereocenters. The zero-order chi connectivity index (χ0) is 29.8. The first-order chi connectivity index (χ1) is 19.5. The number of alkyl halides is 2. The van der Waals surface area contributed by atoms with Gasteiger partial charge >= 0.3 is 0 Å². The summed E-state index contributed by atoms with van der Waals surface area (Å²) >= 11 is 0. The molecule has 12 heteroatoms. The Morgan fingerprint density at radius 2 is 1.83 bits per heavy atom. The van der Waals surface area contributed by atoms with Gasteiger partial charge in [-0.1, -0.05) is 0 Å². The SMILES string of the molecule is COCCOc1ccc(-c2cc(NC(=O)c3cn(C)c(=O)cc3C(F)F)c(N3CC(C)N(C)C(C)C3)cc2F)cn1. The molecule has 4 rings (SSSR count). The highest BCUT2D eigenvalue weighted by Gasteiger charge is 2.30. The molecule has 1 N–H and O–H groups in total. The topological polar surface area (TPSA) is 88.9 Å². The van der Waals surface area contributed by atoms with Crippen LogP contribution >= 0.6 is 0 Å². The lowest BCUT2D eigenvalue weighted by atomic mass is 10.0. The Bertz CT molecular complexity index is 1440. The van der Waals surface area contributed by atoms with Gasteiger partial charge in [0.15, 0.2) is 0 Å². The number of carbonyl (C=O) groups excluding carboxylic acids is 1. The van der Waals surface area contributed by atoms with Crippen molar-refractivity contribution in [3.05, 3.63) is 70.0 Å². The van der Waals surface area contributed by atoms with Crippen molar-refractivity contribution < 1.29 is 27.4 Å². The first kappa shape index (κ1) is 30.1. The second kappa shape index (κ2) is 12.7. The molecule has 3 aromatic rings. The van der Waals surface area contributed by atoms with E-state index >= 15 is 4.39 Å². The highest BCUT2D eigenvalue weighted by Crippen LogP contribution is 2.36. The van der Waals surface area contributed by atoms with E-state index in [9.17, 15) is 18.4 Å². The van der Waals surface area contributed by atoms with Crippen LogP contribution in [-0.4, -0.2) is 72.9 Å². The molecule has 1 aromatic carbocycles. The summed E-state index contributed by atoms with van der Waals surface area (Å²) in [6.07, 6.45) is -0.508. The molecule has 1 saturated heterocycles. The van der Waals surface area contributed by atoms with Gasteiger partial charge in [0.1, 0.15) is 12.4 Å². The average molecular weight is 574 g/mol. The van der Waals surface area contributed by atoms with Gasteiger partial charge in [-0.2, -0.15) is 0 Å². The van der Waals surface area contributed by atoms with Gasteiger partial charge in [0.2, 0.25) is 5.88 Å². The van der Waals surface area contributed by atoms with E-state index in [1.54, 1.807) is 19.2 Å². The fourth-order valence-corrected chi connectivity index (χ4v) is 4.81. The lowest BCUT2D eigenvalue weighted by Crippen LogP contribution is -2.55. The normalized spacial score (nSPS) is 17.6. The molecule has 2 aromatic heterocycles. The van der Waals surface area contributed by atoms with Crippen molar-refractivity contribution in [2.75, 3.05) is 50.7 Å². The van der Waals surface area contributed by atoms with Crippen LogP contribution in [0.3, 0.4) is 0 Å². The van der Waals surface area contributed by atoms with Crippen LogP contribution < -0.4 is 20.5 Å². The third kappa shape index (κ3) is 6.71. The van der Waals surface area contributed by atoms with Crippen molar-refractivity contribution in [2.45, 2.75) is 32.4 Å². The van der Waals surface area contributed by atoms with Gasteiger partial charge in [0, 0.05) is 80.5 Å². The van der Waals surface area contributed by atoms with E-state index in [-0.39, 0.29) is 28.9 Å². The Morgan fingerprint density at radius 1 is 1.12 bits per heavy atom. The first-order valence-corrected chi connectivity index (χ1v) is 13.2. The molecule has 3 heterocycles. The number of aryl methyl sites for hydroxylation is 1. The van der Waals surface area contributed by atoms with Gasteiger partial charge in [-0.15, -0.1) is 0 Å². The molecular formula is C29H34F3N5O4. The molecule has 1 aliphatic heterocycles. The molecule has 1 aliphatic rings. The van der Waals surface area contributed by atoms with E-state index in [2.05, 4.69) is 15.2 Å². The number of likely N-dealkylation sites (N-methyl/N-ethyl adjacent to an activating group) is 1. The maximum absolute atomic E-state index is 15.7. The first-order valence-electron chi connectivity index (χ1n) is 13.2. The minimum Gasteiger partial charge on any atom is -0.475 e. The van der Waals surface area contributed by atoms with Gasteiger partial charge in [-0.05, 0) is 39.1 Å². The molecule has 41 heavy (non-hydrogen) atoms. The molecule has 0 radical (unpaired) electrons. The molecule has 0 spiro atoms. The Hall–Kier alpha value is -3.90. The van der Waals surface area contributed by atoms with Gasteiger partial charge in [-0.25, -0.2) is 18.2 Å². The van der Waals surface area contributed by atoms with Gasteiger partial charge in [0.25, 0.3) is 17.9 Å². The smallest absolute Gasteiger partial charge is 0.264 e. The summed E-state index contributed by atoms with van der Waals surface area (Å²) in [5, 5.41) is 2.72. The summed E-state index contributed by atoms with van der Waals surface area (Å²) in [7, 11) is 4.94. The van der Waals surface area contributed by atoms with Crippen LogP contribution in [0.25, 0.3) is 11.1 Å². The maximum Gasteiger partial charge on any atom is 0.264 e. The van der Waals surface area contributed by atoms with Crippen molar-refractivity contribution in [1.82, 2.24) is 14.5 Å². The number of carbonyl (C=O) groups is 1. The number of hydrogen-bond donors (Lipinski definition) is 1. The Morgan fingerprint density at radius 3 is 2.44 bits per heavy atom. The zero-order valence-corrected chi connectivity index (χ0v) is 23.7. The Kier molecular flexibility index (Phi) is 9.34. The number of rotatable bonds is 9. The van der Waals surface area contributed by atoms with E-state index in [0.29, 0.717) is 43.4 Å². The predicted molar refractivity (Wildman–Crippen MR) is 150 cm³/mol. The van der Waals surface area contributed by atoms with Crippen molar-refractivity contribution in [3.8, 4) is 17.0 Å². The van der Waals surface area contributed by atoms with Crippen LogP contribution in [0.5, 0.6) is 5.88 Å². The number of amides is 1. The van der Waals surface area contributed by atoms with Crippen LogP contribution in [0.15, 0.2) is 47.5 Å². The van der Waals surface area contributed by atoms with Crippen molar-refractivity contribution in [1.29, 1.82) is 0 Å². The summed E-state index contributed by atoms with van der Waals surface area (Å²) in [5.74, 6) is -1.04. The van der Waals surface area contributed by atoms with Crippen molar-refractivity contribution in [3.63, 3.8) is 0 Å². The van der Waals surface area contributed by atoms with Gasteiger partial charge in [0.05, 0.1) is 23.5 Å². The number of pyridine rings is 2. The molecule has 0 aliphatic carbocycles. The highest BCUT2D eigenvalue weighted by atomic mass is 19.3. The van der Waals surface area contributed by atoms with Crippen molar-refractivity contribution >= 4 is 17.3 Å². The molecule has 1 amide bonds. The summed E-state index contributed by atoms with van der Waals surface area (Å²) in [4.78, 5) is 33.8. The number of piperazine rings is 1. The second-order valence-electron chi connectivity index (χ2n) is 10.2. The predicted octanol–water partition coefficient (Wildman–Crippen LogP) is 4.33. The van der Waals surface area contributed by atoms with Crippen molar-refractivity contribution in [2.24, 2.45) is 7.05 Å². The number of hydrogen-bond acceptors (Lipinski definition) is 7. The highest BCUT2D eigenvalue weighted by molar-refractivity contribution is 6.07. The number of nitrogens with one attached hydrogen (secondary N) is 1. The fourth-order valence-electron chi connectivity index (χ4n) is 4.81. The molecule has 0 saturated carbocycles. The standard InChI is InChI=1S/C29H34F3N5O4/c1-17-14-37(15-18(2)36(17)4)25-12-23(30)20(19-6-7-26(33-13-19)41-9-8-40-5)10-24(25)34-29(39)22-16-35(3)27(38)11-21(22)28(31)32/h6-7,10-13,16-18,28H,8-9,14-15H2,1-5H3,(H,34,39). The van der Waals surface area contributed by atoms with Crippen LogP contribution in [0, 0.1) is 5.82 Å². The third-order valence-electron chi connectivity index (χ3n) is 7.36. The minimum atomic E-state index is -3.04. The second-order valence-corrected chi connectivity index (χ2v) is 10.2. The zero-order valence-electron chi connectivity index (χ0n) is 23.7. The molecule has 9 nitrogen and oxygen atoms in total. The van der Waals surface area contributed by atoms with Crippen LogP contribution in [0.1, 0.15) is 36.2 Å². The average Bonchev–Trinajstić information content (AvgIpc) is 2.93. The van der Waals surface area contributed by atoms with E-state index in [1.165, 1.54) is 25.4 Å². The summed E-state index contributed by atoms with van der Waals surface area (Å²) in [6, 6.07) is 7.07. The van der Waals surface area contributed by atoms with E-state index < -0.39 is 29.3 Å². The molecule has 2 atom stereocenters. The molecular weight excluding hydrogens is 539 g/mol. The number of nitrogens with zero attached hydrogens (tertiary/aromatic N) is 4. The van der Waals surface area contributed by atoms with Gasteiger partial charge in [-0.3, -0.25) is 14.5 Å². The number of aromatic nitrogens is 2. The Balaban J connectivity index is 1.76. The Labute approximate surface area is 236 Å². The lowest BCUT2D eigenvalue weighted by Gasteiger charge is -2.44. The van der Waals surface area contributed by atoms with E-state index in [0.717, 1.165) is 16.8 Å². The summed E-state index contributed by atoms with van der Waals surface area (Å²) in [5.41, 5.74) is -0.442. The van der Waals surface area contributed by atoms with Crippen LogP contribution in [-0.2, 0) is 11.8 Å². The molecule has 0 bridgehead atoms. The monoisotopic (exact) mass is 573 g/mol. The van der Waals surface area contributed by atoms with E-state index in [4.69, 9.17) is 9.47 Å². The summed E-state index contributed by atoms with van der Waals surface area (Å²) in [6.45, 7) is 5.89. The maximum atomic E-state index is 15.7. The van der Waals surface area contributed by atoms with Gasteiger partial charge < -0.3 is 24.3 Å². The number of methoxy groups -OCH3 is 1. The molecule has 1 fully saturated rings. The summed E-state index contributed by atoms with van der Waals surface area (Å²) < 4.78 is 54.7. The third-order valence-corrected chi connectivity index (χ3v) is 7.36. The van der Waals surface area contributed by atoms with Crippen LogP contribution in [0.4, 0.5) is 24.5 Å². The largest absolute Gasteiger partial charge is 0.475 e. The van der Waals surface area contributed by atoms with Crippen LogP contribution in [0.2, 0.25) is 0 Å². The number of ether oxygens (including phenoxy) is 2. The fraction of sp³-hybridized carbons (Fsp3) is 0.414. The number of anilines is 2. The number of halogens is 3.